The summed E-state index contributed by atoms with van der Waals surface area (Å²) in [6.07, 6.45) is 8.68. The lowest BCUT2D eigenvalue weighted by atomic mass is 9.72. The molecule has 17 heavy (non-hydrogen) atoms. The second kappa shape index (κ2) is 5.41. The van der Waals surface area contributed by atoms with E-state index < -0.39 is 0 Å². The molecule has 0 atom stereocenters. The number of aldehydes is 1. The summed E-state index contributed by atoms with van der Waals surface area (Å²) in [7, 11) is 2.15. The number of likely N-dealkylation sites (tertiary alicyclic amines) is 1. The average Bonchev–Trinajstić information content (AvgIpc) is 2.35. The van der Waals surface area contributed by atoms with Gasteiger partial charge in [-0.1, -0.05) is 6.07 Å². The molecule has 1 saturated heterocycles. The van der Waals surface area contributed by atoms with E-state index in [1.54, 1.807) is 6.20 Å². The molecule has 1 aliphatic heterocycles. The lowest BCUT2D eigenvalue weighted by molar-refractivity contribution is -0.110. The first-order chi connectivity index (χ1) is 8.24. The highest BCUT2D eigenvalue weighted by atomic mass is 16.1. The number of pyridine rings is 1. The van der Waals surface area contributed by atoms with E-state index in [9.17, 15) is 4.79 Å². The number of hydrogen-bond donors (Lipinski definition) is 0. The zero-order chi connectivity index (χ0) is 12.1. The molecule has 0 aromatic carbocycles. The molecule has 0 N–H and O–H groups in total. The minimum Gasteiger partial charge on any atom is -0.306 e. The van der Waals surface area contributed by atoms with Crippen molar-refractivity contribution in [1.82, 2.24) is 9.88 Å². The lowest BCUT2D eigenvalue weighted by Gasteiger charge is -2.39. The summed E-state index contributed by atoms with van der Waals surface area (Å²) in [6.45, 7) is 2.18. The molecule has 3 nitrogen and oxygen atoms in total. The van der Waals surface area contributed by atoms with Gasteiger partial charge in [0.1, 0.15) is 6.29 Å². The smallest absolute Gasteiger partial charge is 0.120 e. The summed E-state index contributed by atoms with van der Waals surface area (Å²) >= 11 is 0. The Morgan fingerprint density at radius 2 is 2.24 bits per heavy atom. The molecule has 1 fully saturated rings. The SMILES string of the molecule is CN1CCC(CC=O)(Cc2cccnc2)CC1. The van der Waals surface area contributed by atoms with Gasteiger partial charge in [0.25, 0.3) is 0 Å². The first kappa shape index (κ1) is 12.2. The van der Waals surface area contributed by atoms with Crippen LogP contribution in [0.1, 0.15) is 24.8 Å². The number of hydrogen-bond acceptors (Lipinski definition) is 3. The van der Waals surface area contributed by atoms with Crippen LogP contribution in [0.25, 0.3) is 0 Å². The van der Waals surface area contributed by atoms with Crippen LogP contribution in [0.3, 0.4) is 0 Å². The molecule has 0 bridgehead atoms. The molecular weight excluding hydrogens is 212 g/mol. The molecule has 2 heterocycles. The molecule has 1 aromatic rings. The molecular formula is C14H20N2O. The predicted molar refractivity (Wildman–Crippen MR) is 67.8 cm³/mol. The van der Waals surface area contributed by atoms with E-state index in [0.717, 1.165) is 38.6 Å². The molecule has 0 saturated carbocycles. The zero-order valence-electron chi connectivity index (χ0n) is 10.4. The Bertz CT molecular complexity index is 356. The Morgan fingerprint density at radius 1 is 1.47 bits per heavy atom. The van der Waals surface area contributed by atoms with Crippen LogP contribution in [0.2, 0.25) is 0 Å². The molecule has 0 amide bonds. The number of carbonyl (C=O) groups excluding carboxylic acids is 1. The fourth-order valence-corrected chi connectivity index (χ4v) is 2.66. The maximum Gasteiger partial charge on any atom is 0.120 e. The Labute approximate surface area is 103 Å². The highest BCUT2D eigenvalue weighted by molar-refractivity contribution is 5.51. The van der Waals surface area contributed by atoms with E-state index in [4.69, 9.17) is 0 Å². The van der Waals surface area contributed by atoms with Gasteiger partial charge < -0.3 is 9.69 Å². The van der Waals surface area contributed by atoms with Crippen molar-refractivity contribution >= 4 is 6.29 Å². The second-order valence-corrected chi connectivity index (χ2v) is 5.21. The molecule has 92 valence electrons. The van der Waals surface area contributed by atoms with Crippen molar-refractivity contribution in [3.05, 3.63) is 30.1 Å². The number of carbonyl (C=O) groups is 1. The van der Waals surface area contributed by atoms with Crippen molar-refractivity contribution in [2.45, 2.75) is 25.7 Å². The summed E-state index contributed by atoms with van der Waals surface area (Å²) < 4.78 is 0. The van der Waals surface area contributed by atoms with Gasteiger partial charge in [0, 0.05) is 18.8 Å². The predicted octanol–water partition coefficient (Wildman–Crippen LogP) is 1.93. The standard InChI is InChI=1S/C14H20N2O/c1-16-8-4-14(5-9-16,6-10-17)11-13-3-2-7-15-12-13/h2-3,7,10,12H,4-6,8-9,11H2,1H3. The van der Waals surface area contributed by atoms with E-state index >= 15 is 0 Å². The van der Waals surface area contributed by atoms with Crippen molar-refractivity contribution in [2.75, 3.05) is 20.1 Å². The minimum absolute atomic E-state index is 0.164. The Kier molecular flexibility index (Phi) is 3.89. The van der Waals surface area contributed by atoms with Gasteiger partial charge in [-0.3, -0.25) is 4.98 Å². The normalized spacial score (nSPS) is 20.1. The van der Waals surface area contributed by atoms with Gasteiger partial charge in [-0.15, -0.1) is 0 Å². The molecule has 3 heteroatoms. The van der Waals surface area contributed by atoms with E-state index in [0.29, 0.717) is 6.42 Å². The molecule has 0 radical (unpaired) electrons. The maximum atomic E-state index is 10.9. The van der Waals surface area contributed by atoms with Crippen LogP contribution in [-0.2, 0) is 11.2 Å². The quantitative estimate of drug-likeness (QED) is 0.744. The van der Waals surface area contributed by atoms with Crippen molar-refractivity contribution in [2.24, 2.45) is 5.41 Å². The second-order valence-electron chi connectivity index (χ2n) is 5.21. The highest BCUT2D eigenvalue weighted by Gasteiger charge is 2.33. The van der Waals surface area contributed by atoms with E-state index in [1.165, 1.54) is 5.56 Å². The van der Waals surface area contributed by atoms with Crippen molar-refractivity contribution < 1.29 is 4.79 Å². The molecule has 1 aliphatic rings. The molecule has 1 aromatic heterocycles. The third kappa shape index (κ3) is 3.13. The van der Waals surface area contributed by atoms with E-state index in [2.05, 4.69) is 23.0 Å². The largest absolute Gasteiger partial charge is 0.306 e. The third-order valence-electron chi connectivity index (χ3n) is 3.87. The third-order valence-corrected chi connectivity index (χ3v) is 3.87. The van der Waals surface area contributed by atoms with Gasteiger partial charge in [-0.2, -0.15) is 0 Å². The van der Waals surface area contributed by atoms with Gasteiger partial charge in [0.2, 0.25) is 0 Å². The topological polar surface area (TPSA) is 33.2 Å². The van der Waals surface area contributed by atoms with Crippen molar-refractivity contribution in [3.63, 3.8) is 0 Å². The van der Waals surface area contributed by atoms with E-state index in [-0.39, 0.29) is 5.41 Å². The number of aromatic nitrogens is 1. The summed E-state index contributed by atoms with van der Waals surface area (Å²) in [5.41, 5.74) is 1.41. The summed E-state index contributed by atoms with van der Waals surface area (Å²) in [5, 5.41) is 0. The zero-order valence-corrected chi connectivity index (χ0v) is 10.4. The van der Waals surface area contributed by atoms with Crippen LogP contribution in [0.4, 0.5) is 0 Å². The summed E-state index contributed by atoms with van der Waals surface area (Å²) in [6, 6.07) is 4.08. The monoisotopic (exact) mass is 232 g/mol. The van der Waals surface area contributed by atoms with Crippen LogP contribution in [-0.4, -0.2) is 36.3 Å². The van der Waals surface area contributed by atoms with Crippen molar-refractivity contribution in [1.29, 1.82) is 0 Å². The summed E-state index contributed by atoms with van der Waals surface area (Å²) in [5.74, 6) is 0. The fourth-order valence-electron chi connectivity index (χ4n) is 2.66. The number of nitrogens with zero attached hydrogens (tertiary/aromatic N) is 2. The molecule has 2 rings (SSSR count). The average molecular weight is 232 g/mol. The maximum absolute atomic E-state index is 10.9. The molecule has 0 unspecified atom stereocenters. The van der Waals surface area contributed by atoms with Crippen LogP contribution < -0.4 is 0 Å². The fraction of sp³-hybridized carbons (Fsp3) is 0.571. The highest BCUT2D eigenvalue weighted by Crippen LogP contribution is 2.37. The Morgan fingerprint density at radius 3 is 2.82 bits per heavy atom. The van der Waals surface area contributed by atoms with Gasteiger partial charge in [-0.05, 0) is 56.4 Å². The van der Waals surface area contributed by atoms with Gasteiger partial charge >= 0.3 is 0 Å². The minimum atomic E-state index is 0.164. The Balaban J connectivity index is 2.09. The van der Waals surface area contributed by atoms with E-state index in [1.807, 2.05) is 12.3 Å². The van der Waals surface area contributed by atoms with Gasteiger partial charge in [-0.25, -0.2) is 0 Å². The van der Waals surface area contributed by atoms with Gasteiger partial charge in [0.05, 0.1) is 0 Å². The first-order valence-corrected chi connectivity index (χ1v) is 6.25. The van der Waals surface area contributed by atoms with Crippen molar-refractivity contribution in [3.8, 4) is 0 Å². The van der Waals surface area contributed by atoms with Crippen LogP contribution in [0, 0.1) is 5.41 Å². The van der Waals surface area contributed by atoms with Crippen LogP contribution in [0.5, 0.6) is 0 Å². The molecule has 0 aliphatic carbocycles. The first-order valence-electron chi connectivity index (χ1n) is 6.25. The lowest BCUT2D eigenvalue weighted by Crippen LogP contribution is -2.39. The summed E-state index contributed by atoms with van der Waals surface area (Å²) in [4.78, 5) is 17.4. The van der Waals surface area contributed by atoms with Crippen LogP contribution in [0.15, 0.2) is 24.5 Å². The Hall–Kier alpha value is -1.22. The number of rotatable bonds is 4. The molecule has 0 spiro atoms. The van der Waals surface area contributed by atoms with Crippen LogP contribution >= 0.6 is 0 Å². The number of piperidine rings is 1. The van der Waals surface area contributed by atoms with Gasteiger partial charge in [0.15, 0.2) is 0 Å².